The van der Waals surface area contributed by atoms with Crippen LogP contribution in [0, 0.1) is 5.82 Å². The number of hydrogen-bond donors (Lipinski definition) is 2. The zero-order valence-corrected chi connectivity index (χ0v) is 11.2. The monoisotopic (exact) mass is 274 g/mol. The van der Waals surface area contributed by atoms with Crippen molar-refractivity contribution in [3.8, 4) is 0 Å². The number of aromatic carboxylic acids is 1. The quantitative estimate of drug-likeness (QED) is 0.898. The number of nitrogens with one attached hydrogen (secondary N) is 1. The maximum atomic E-state index is 13.4. The van der Waals surface area contributed by atoms with E-state index < -0.39 is 11.8 Å². The third-order valence-electron chi connectivity index (χ3n) is 2.82. The van der Waals surface area contributed by atoms with E-state index >= 15 is 0 Å². The predicted octanol–water partition coefficient (Wildman–Crippen LogP) is 3.33. The fourth-order valence-electron chi connectivity index (χ4n) is 1.79. The van der Waals surface area contributed by atoms with Gasteiger partial charge in [0.1, 0.15) is 5.82 Å². The van der Waals surface area contributed by atoms with E-state index in [1.165, 1.54) is 12.1 Å². The summed E-state index contributed by atoms with van der Waals surface area (Å²) in [4.78, 5) is 12.8. The van der Waals surface area contributed by atoms with Crippen LogP contribution in [0.2, 0.25) is 0 Å². The predicted molar refractivity (Wildman–Crippen MR) is 77.4 cm³/mol. The van der Waals surface area contributed by atoms with Gasteiger partial charge in [-0.1, -0.05) is 0 Å². The molecule has 5 heteroatoms. The Morgan fingerprint density at radius 3 is 2.30 bits per heavy atom. The van der Waals surface area contributed by atoms with E-state index in [4.69, 9.17) is 5.11 Å². The molecule has 0 saturated carbocycles. The molecule has 0 fully saturated rings. The maximum absolute atomic E-state index is 13.4. The summed E-state index contributed by atoms with van der Waals surface area (Å²) in [6.07, 6.45) is 0. The van der Waals surface area contributed by atoms with E-state index in [9.17, 15) is 9.18 Å². The third kappa shape index (κ3) is 3.26. The Morgan fingerprint density at radius 1 is 1.10 bits per heavy atom. The van der Waals surface area contributed by atoms with Gasteiger partial charge in [-0.3, -0.25) is 0 Å². The lowest BCUT2D eigenvalue weighted by Crippen LogP contribution is -2.08. The molecule has 0 bridgehead atoms. The number of carboxylic acids is 1. The smallest absolute Gasteiger partial charge is 0.335 e. The highest BCUT2D eigenvalue weighted by Gasteiger charge is 2.07. The first-order chi connectivity index (χ1) is 9.45. The standard InChI is InChI=1S/C15H15FN2O2/c1-18(2)14-5-3-12(4-6-14)17-13-8-10(15(19)20)7-11(16)9-13/h3-9,17H,1-2H3,(H,19,20). The highest BCUT2D eigenvalue weighted by molar-refractivity contribution is 5.89. The van der Waals surface area contributed by atoms with Gasteiger partial charge in [0.25, 0.3) is 0 Å². The molecule has 0 aromatic heterocycles. The van der Waals surface area contributed by atoms with E-state index in [-0.39, 0.29) is 5.56 Å². The Labute approximate surface area is 116 Å². The summed E-state index contributed by atoms with van der Waals surface area (Å²) in [5, 5.41) is 11.9. The van der Waals surface area contributed by atoms with E-state index in [1.807, 2.05) is 43.3 Å². The highest BCUT2D eigenvalue weighted by Crippen LogP contribution is 2.22. The average Bonchev–Trinajstić information content (AvgIpc) is 2.38. The summed E-state index contributed by atoms with van der Waals surface area (Å²) in [6, 6.07) is 11.2. The van der Waals surface area contributed by atoms with Crippen LogP contribution < -0.4 is 10.2 Å². The molecule has 0 saturated heterocycles. The minimum absolute atomic E-state index is 0.0857. The average molecular weight is 274 g/mol. The van der Waals surface area contributed by atoms with Crippen LogP contribution in [0.3, 0.4) is 0 Å². The summed E-state index contributed by atoms with van der Waals surface area (Å²) in [5.74, 6) is -1.74. The van der Waals surface area contributed by atoms with E-state index in [1.54, 1.807) is 0 Å². The molecule has 0 atom stereocenters. The second-order valence-electron chi connectivity index (χ2n) is 4.60. The first-order valence-corrected chi connectivity index (χ1v) is 6.04. The van der Waals surface area contributed by atoms with Crippen LogP contribution in [0.5, 0.6) is 0 Å². The molecule has 0 heterocycles. The lowest BCUT2D eigenvalue weighted by atomic mass is 10.2. The number of rotatable bonds is 4. The number of nitrogens with zero attached hydrogens (tertiary/aromatic N) is 1. The Hall–Kier alpha value is -2.56. The minimum atomic E-state index is -1.16. The number of hydrogen-bond acceptors (Lipinski definition) is 3. The van der Waals surface area contributed by atoms with Crippen molar-refractivity contribution in [1.82, 2.24) is 0 Å². The molecule has 0 radical (unpaired) electrons. The normalized spacial score (nSPS) is 10.2. The zero-order chi connectivity index (χ0) is 14.7. The van der Waals surface area contributed by atoms with Crippen molar-refractivity contribution in [3.63, 3.8) is 0 Å². The van der Waals surface area contributed by atoms with Gasteiger partial charge >= 0.3 is 5.97 Å². The first-order valence-electron chi connectivity index (χ1n) is 6.04. The van der Waals surface area contributed by atoms with Crippen LogP contribution in [-0.4, -0.2) is 25.2 Å². The largest absolute Gasteiger partial charge is 0.478 e. The molecular formula is C15H15FN2O2. The second kappa shape index (κ2) is 5.61. The lowest BCUT2D eigenvalue weighted by molar-refractivity contribution is 0.0696. The van der Waals surface area contributed by atoms with Gasteiger partial charge in [0.15, 0.2) is 0 Å². The number of carbonyl (C=O) groups is 1. The molecule has 4 nitrogen and oxygen atoms in total. The summed E-state index contributed by atoms with van der Waals surface area (Å²) in [5.41, 5.74) is 2.12. The number of anilines is 3. The second-order valence-corrected chi connectivity index (χ2v) is 4.60. The molecule has 20 heavy (non-hydrogen) atoms. The van der Waals surface area contributed by atoms with Gasteiger partial charge in [-0.2, -0.15) is 0 Å². The van der Waals surface area contributed by atoms with Gasteiger partial charge in [0.05, 0.1) is 5.56 Å². The molecule has 2 aromatic rings. The zero-order valence-electron chi connectivity index (χ0n) is 11.2. The van der Waals surface area contributed by atoms with Crippen LogP contribution in [-0.2, 0) is 0 Å². The van der Waals surface area contributed by atoms with Crippen molar-refractivity contribution in [3.05, 3.63) is 53.8 Å². The van der Waals surface area contributed by atoms with Crippen LogP contribution in [0.25, 0.3) is 0 Å². The number of carboxylic acid groups (broad SMARTS) is 1. The molecule has 0 aliphatic heterocycles. The fraction of sp³-hybridized carbons (Fsp3) is 0.133. The summed E-state index contributed by atoms with van der Waals surface area (Å²) >= 11 is 0. The minimum Gasteiger partial charge on any atom is -0.478 e. The lowest BCUT2D eigenvalue weighted by Gasteiger charge is -2.13. The number of halogens is 1. The molecule has 0 unspecified atom stereocenters. The Morgan fingerprint density at radius 2 is 1.75 bits per heavy atom. The maximum Gasteiger partial charge on any atom is 0.335 e. The third-order valence-corrected chi connectivity index (χ3v) is 2.82. The van der Waals surface area contributed by atoms with E-state index in [0.717, 1.165) is 17.4 Å². The van der Waals surface area contributed by atoms with E-state index in [0.29, 0.717) is 5.69 Å². The molecular weight excluding hydrogens is 259 g/mol. The molecule has 2 aromatic carbocycles. The molecule has 0 aliphatic rings. The van der Waals surface area contributed by atoms with Crippen LogP contribution in [0.1, 0.15) is 10.4 Å². The van der Waals surface area contributed by atoms with Crippen molar-refractivity contribution in [1.29, 1.82) is 0 Å². The molecule has 0 amide bonds. The van der Waals surface area contributed by atoms with Gasteiger partial charge in [-0.05, 0) is 42.5 Å². The van der Waals surface area contributed by atoms with Gasteiger partial charge in [0, 0.05) is 31.2 Å². The van der Waals surface area contributed by atoms with Gasteiger partial charge in [-0.15, -0.1) is 0 Å². The van der Waals surface area contributed by atoms with Crippen LogP contribution >= 0.6 is 0 Å². The molecule has 0 aliphatic carbocycles. The number of benzene rings is 2. The van der Waals surface area contributed by atoms with Gasteiger partial charge in [-0.25, -0.2) is 9.18 Å². The van der Waals surface area contributed by atoms with Gasteiger partial charge in [0.2, 0.25) is 0 Å². The van der Waals surface area contributed by atoms with Crippen LogP contribution in [0.15, 0.2) is 42.5 Å². The Balaban J connectivity index is 2.23. The summed E-state index contributed by atoms with van der Waals surface area (Å²) < 4.78 is 13.4. The van der Waals surface area contributed by atoms with Crippen molar-refractivity contribution in [2.24, 2.45) is 0 Å². The fourth-order valence-corrected chi connectivity index (χ4v) is 1.79. The van der Waals surface area contributed by atoms with Crippen molar-refractivity contribution >= 4 is 23.0 Å². The molecule has 0 spiro atoms. The highest BCUT2D eigenvalue weighted by atomic mass is 19.1. The van der Waals surface area contributed by atoms with Gasteiger partial charge < -0.3 is 15.3 Å². The SMILES string of the molecule is CN(C)c1ccc(Nc2cc(F)cc(C(=O)O)c2)cc1. The Bertz CT molecular complexity index is 624. The molecule has 104 valence electrons. The first kappa shape index (κ1) is 13.9. The van der Waals surface area contributed by atoms with Crippen molar-refractivity contribution in [2.45, 2.75) is 0 Å². The van der Waals surface area contributed by atoms with Crippen molar-refractivity contribution in [2.75, 3.05) is 24.3 Å². The van der Waals surface area contributed by atoms with E-state index in [2.05, 4.69) is 5.32 Å². The summed E-state index contributed by atoms with van der Waals surface area (Å²) in [6.45, 7) is 0. The topological polar surface area (TPSA) is 52.6 Å². The summed E-state index contributed by atoms with van der Waals surface area (Å²) in [7, 11) is 3.88. The molecule has 2 N–H and O–H groups in total. The van der Waals surface area contributed by atoms with Crippen LogP contribution in [0.4, 0.5) is 21.5 Å². The van der Waals surface area contributed by atoms with Crippen molar-refractivity contribution < 1.29 is 14.3 Å². The molecule has 2 rings (SSSR count). The Kier molecular flexibility index (Phi) is 3.89.